The monoisotopic (exact) mass is 234 g/mol. The molecule has 2 rings (SSSR count). The number of nitrogens with zero attached hydrogens (tertiary/aromatic N) is 1. The molecule has 1 atom stereocenters. The van der Waals surface area contributed by atoms with Gasteiger partial charge in [-0.15, -0.1) is 0 Å². The van der Waals surface area contributed by atoms with Gasteiger partial charge < -0.3 is 14.8 Å². The molecule has 0 spiro atoms. The smallest absolute Gasteiger partial charge is 0.181 e. The summed E-state index contributed by atoms with van der Waals surface area (Å²) in [5.74, 6) is 0.411. The van der Waals surface area contributed by atoms with Gasteiger partial charge in [-0.1, -0.05) is 19.9 Å². The summed E-state index contributed by atoms with van der Waals surface area (Å²) < 4.78 is 5.25. The van der Waals surface area contributed by atoms with Crippen molar-refractivity contribution in [1.29, 1.82) is 0 Å². The minimum absolute atomic E-state index is 0.125. The molecule has 4 nitrogen and oxygen atoms in total. The lowest BCUT2D eigenvalue weighted by molar-refractivity contribution is 0.210. The number of nitrogens with one attached hydrogen (secondary N) is 1. The summed E-state index contributed by atoms with van der Waals surface area (Å²) in [7, 11) is 0. The first-order chi connectivity index (χ1) is 8.20. The molecule has 0 saturated heterocycles. The quantitative estimate of drug-likeness (QED) is 0.830. The van der Waals surface area contributed by atoms with Crippen molar-refractivity contribution in [3.05, 3.63) is 30.2 Å². The van der Waals surface area contributed by atoms with Gasteiger partial charge in [-0.05, 0) is 23.6 Å². The van der Waals surface area contributed by atoms with Crippen molar-refractivity contribution in [1.82, 2.24) is 10.3 Å². The molecule has 2 N–H and O–H groups in total. The maximum atomic E-state index is 9.22. The van der Waals surface area contributed by atoms with Gasteiger partial charge in [0, 0.05) is 12.6 Å². The molecule has 1 heterocycles. The molecule has 1 unspecified atom stereocenters. The number of benzene rings is 1. The fourth-order valence-electron chi connectivity index (χ4n) is 1.77. The zero-order valence-electron chi connectivity index (χ0n) is 10.2. The number of hydrogen-bond donors (Lipinski definition) is 2. The Labute approximate surface area is 101 Å². The van der Waals surface area contributed by atoms with Crippen molar-refractivity contribution < 1.29 is 9.52 Å². The summed E-state index contributed by atoms with van der Waals surface area (Å²) in [5.41, 5.74) is 2.80. The zero-order valence-corrected chi connectivity index (χ0v) is 10.2. The summed E-state index contributed by atoms with van der Waals surface area (Å²) in [6, 6.07) is 6.07. The number of fused-ring (bicyclic) bond motifs is 1. The largest absolute Gasteiger partial charge is 0.443 e. The summed E-state index contributed by atoms with van der Waals surface area (Å²) in [5, 5.41) is 12.6. The topological polar surface area (TPSA) is 58.3 Å². The molecule has 0 saturated carbocycles. The maximum absolute atomic E-state index is 9.22. The van der Waals surface area contributed by atoms with Gasteiger partial charge in [0.05, 0.1) is 6.61 Å². The Balaban J connectivity index is 2.02. The van der Waals surface area contributed by atoms with E-state index in [1.807, 2.05) is 18.2 Å². The van der Waals surface area contributed by atoms with Crippen LogP contribution >= 0.6 is 0 Å². The van der Waals surface area contributed by atoms with Gasteiger partial charge in [-0.2, -0.15) is 0 Å². The van der Waals surface area contributed by atoms with Crippen LogP contribution in [0.4, 0.5) is 0 Å². The Morgan fingerprint density at radius 1 is 1.41 bits per heavy atom. The second-order valence-corrected chi connectivity index (χ2v) is 4.57. The van der Waals surface area contributed by atoms with E-state index in [-0.39, 0.29) is 12.6 Å². The highest BCUT2D eigenvalue weighted by Gasteiger charge is 2.11. The van der Waals surface area contributed by atoms with Crippen molar-refractivity contribution in [3.8, 4) is 0 Å². The summed E-state index contributed by atoms with van der Waals surface area (Å²) in [4.78, 5) is 4.07. The average molecular weight is 234 g/mol. The van der Waals surface area contributed by atoms with E-state index in [4.69, 9.17) is 4.42 Å². The number of aliphatic hydroxyl groups excluding tert-OH is 1. The van der Waals surface area contributed by atoms with Crippen LogP contribution in [-0.4, -0.2) is 22.7 Å². The first-order valence-corrected chi connectivity index (χ1v) is 5.87. The minimum atomic E-state index is 0.125. The first-order valence-electron chi connectivity index (χ1n) is 5.87. The Morgan fingerprint density at radius 3 is 2.94 bits per heavy atom. The highest BCUT2D eigenvalue weighted by atomic mass is 16.3. The third-order valence-corrected chi connectivity index (χ3v) is 2.97. The molecule has 0 aliphatic carbocycles. The zero-order chi connectivity index (χ0) is 12.3. The first kappa shape index (κ1) is 12.1. The Morgan fingerprint density at radius 2 is 2.24 bits per heavy atom. The van der Waals surface area contributed by atoms with E-state index in [2.05, 4.69) is 24.1 Å². The lowest BCUT2D eigenvalue weighted by Gasteiger charge is -2.19. The van der Waals surface area contributed by atoms with Crippen LogP contribution in [-0.2, 0) is 6.54 Å². The van der Waals surface area contributed by atoms with Crippen molar-refractivity contribution in [2.24, 2.45) is 5.92 Å². The Kier molecular flexibility index (Phi) is 3.76. The van der Waals surface area contributed by atoms with Crippen molar-refractivity contribution in [2.45, 2.75) is 26.4 Å². The Hall–Kier alpha value is -1.39. The normalized spacial score (nSPS) is 13.4. The third-order valence-electron chi connectivity index (χ3n) is 2.97. The predicted molar refractivity (Wildman–Crippen MR) is 66.6 cm³/mol. The third kappa shape index (κ3) is 2.84. The molecular weight excluding hydrogens is 216 g/mol. The molecular formula is C13H18N2O2. The second kappa shape index (κ2) is 5.29. The van der Waals surface area contributed by atoms with Crippen LogP contribution in [0.3, 0.4) is 0 Å². The molecule has 17 heavy (non-hydrogen) atoms. The van der Waals surface area contributed by atoms with Gasteiger partial charge in [0.1, 0.15) is 5.52 Å². The SMILES string of the molecule is CC(C)C(CO)NCc1ccc2ncoc2c1. The molecule has 1 aromatic carbocycles. The van der Waals surface area contributed by atoms with Crippen molar-refractivity contribution in [2.75, 3.05) is 6.61 Å². The van der Waals surface area contributed by atoms with Crippen LogP contribution in [0, 0.1) is 5.92 Å². The lowest BCUT2D eigenvalue weighted by Crippen LogP contribution is -2.36. The van der Waals surface area contributed by atoms with Crippen LogP contribution in [0.15, 0.2) is 29.0 Å². The number of aliphatic hydroxyl groups is 1. The maximum Gasteiger partial charge on any atom is 0.181 e. The molecule has 4 heteroatoms. The number of oxazole rings is 1. The van der Waals surface area contributed by atoms with E-state index in [1.165, 1.54) is 6.39 Å². The van der Waals surface area contributed by atoms with E-state index in [0.717, 1.165) is 23.2 Å². The fourth-order valence-corrected chi connectivity index (χ4v) is 1.77. The van der Waals surface area contributed by atoms with Gasteiger partial charge in [0.2, 0.25) is 0 Å². The summed E-state index contributed by atoms with van der Waals surface area (Å²) in [6.45, 7) is 5.06. The highest BCUT2D eigenvalue weighted by Crippen LogP contribution is 2.14. The fraction of sp³-hybridized carbons (Fsp3) is 0.462. The van der Waals surface area contributed by atoms with Crippen LogP contribution < -0.4 is 5.32 Å². The molecule has 92 valence electrons. The highest BCUT2D eigenvalue weighted by molar-refractivity contribution is 5.72. The van der Waals surface area contributed by atoms with Gasteiger partial charge in [-0.25, -0.2) is 4.98 Å². The van der Waals surface area contributed by atoms with Gasteiger partial charge >= 0.3 is 0 Å². The summed E-state index contributed by atoms with van der Waals surface area (Å²) in [6.07, 6.45) is 1.45. The van der Waals surface area contributed by atoms with Gasteiger partial charge in [0.25, 0.3) is 0 Å². The molecule has 0 fully saturated rings. The molecule has 0 aliphatic rings. The van der Waals surface area contributed by atoms with Gasteiger partial charge in [0.15, 0.2) is 12.0 Å². The standard InChI is InChI=1S/C13H18N2O2/c1-9(2)12(7-16)14-6-10-3-4-11-13(5-10)17-8-15-11/h3-5,8-9,12,14,16H,6-7H2,1-2H3. The van der Waals surface area contributed by atoms with Crippen LogP contribution in [0.5, 0.6) is 0 Å². The minimum Gasteiger partial charge on any atom is -0.443 e. The molecule has 0 aliphatic heterocycles. The number of rotatable bonds is 5. The lowest BCUT2D eigenvalue weighted by atomic mass is 10.1. The predicted octanol–water partition coefficient (Wildman–Crippen LogP) is 1.93. The molecule has 0 amide bonds. The van der Waals surface area contributed by atoms with E-state index in [1.54, 1.807) is 0 Å². The van der Waals surface area contributed by atoms with E-state index < -0.39 is 0 Å². The number of hydrogen-bond acceptors (Lipinski definition) is 4. The molecule has 0 bridgehead atoms. The van der Waals surface area contributed by atoms with Crippen LogP contribution in [0.2, 0.25) is 0 Å². The van der Waals surface area contributed by atoms with E-state index in [0.29, 0.717) is 5.92 Å². The van der Waals surface area contributed by atoms with E-state index >= 15 is 0 Å². The Bertz CT molecular complexity index is 479. The summed E-state index contributed by atoms with van der Waals surface area (Å²) >= 11 is 0. The van der Waals surface area contributed by atoms with Gasteiger partial charge in [-0.3, -0.25) is 0 Å². The molecule has 0 radical (unpaired) electrons. The van der Waals surface area contributed by atoms with Crippen molar-refractivity contribution >= 4 is 11.1 Å². The average Bonchev–Trinajstić information content (AvgIpc) is 2.76. The molecule has 1 aromatic heterocycles. The second-order valence-electron chi connectivity index (χ2n) is 4.57. The van der Waals surface area contributed by atoms with E-state index in [9.17, 15) is 5.11 Å². The van der Waals surface area contributed by atoms with Crippen LogP contribution in [0.1, 0.15) is 19.4 Å². The van der Waals surface area contributed by atoms with Crippen molar-refractivity contribution in [3.63, 3.8) is 0 Å². The molecule has 2 aromatic rings. The number of aromatic nitrogens is 1. The van der Waals surface area contributed by atoms with Crippen LogP contribution in [0.25, 0.3) is 11.1 Å².